The van der Waals surface area contributed by atoms with Crippen LogP contribution in [0.25, 0.3) is 0 Å². The standard InChI is InChI=1S/C50H94O2/c1-3-5-7-9-11-13-15-17-19-20-21-22-23-24-25-26-27-28-29-30-31-32-33-35-37-39-41-43-45-47-49-52-50(51)48-46-44-42-40-38-36-34-18-16-14-12-10-8-6-4-2/h10,12,14,16,18,34H,3-9,11,13,15,17,19-33,35-49H2,1-2H3. The fraction of sp³-hybridized carbons (Fsp3) is 0.860. The molecule has 0 saturated heterocycles. The van der Waals surface area contributed by atoms with Gasteiger partial charge in [0, 0.05) is 6.42 Å². The minimum Gasteiger partial charge on any atom is -0.466 e. The molecule has 0 unspecified atom stereocenters. The Kier molecular flexibility index (Phi) is 46.5. The number of hydrogen-bond donors (Lipinski definition) is 0. The average molecular weight is 727 g/mol. The highest BCUT2D eigenvalue weighted by molar-refractivity contribution is 5.69. The number of ether oxygens (including phenoxy) is 1. The van der Waals surface area contributed by atoms with E-state index in [0.717, 1.165) is 25.7 Å². The zero-order chi connectivity index (χ0) is 37.5. The number of rotatable bonds is 44. The number of carbonyl (C=O) groups is 1. The number of hydrogen-bond acceptors (Lipinski definition) is 2. The Morgan fingerprint density at radius 2 is 0.615 bits per heavy atom. The highest BCUT2D eigenvalue weighted by Gasteiger charge is 2.03. The monoisotopic (exact) mass is 727 g/mol. The Bertz CT molecular complexity index is 749. The molecule has 306 valence electrons. The van der Waals surface area contributed by atoms with E-state index in [1.165, 1.54) is 225 Å². The molecule has 52 heavy (non-hydrogen) atoms. The molecular formula is C50H94O2. The van der Waals surface area contributed by atoms with Gasteiger partial charge < -0.3 is 4.74 Å². The Morgan fingerprint density at radius 1 is 0.327 bits per heavy atom. The third-order valence-electron chi connectivity index (χ3n) is 10.8. The summed E-state index contributed by atoms with van der Waals surface area (Å²) < 4.78 is 5.46. The zero-order valence-electron chi connectivity index (χ0n) is 35.8. The summed E-state index contributed by atoms with van der Waals surface area (Å²) >= 11 is 0. The van der Waals surface area contributed by atoms with Gasteiger partial charge in [0.05, 0.1) is 6.61 Å². The van der Waals surface area contributed by atoms with Crippen LogP contribution in [0.1, 0.15) is 271 Å². The molecule has 0 fully saturated rings. The van der Waals surface area contributed by atoms with Gasteiger partial charge in [-0.1, -0.05) is 269 Å². The van der Waals surface area contributed by atoms with Gasteiger partial charge in [-0.2, -0.15) is 0 Å². The molecule has 0 radical (unpaired) electrons. The molecule has 0 rings (SSSR count). The van der Waals surface area contributed by atoms with Crippen molar-refractivity contribution in [3.63, 3.8) is 0 Å². The molecule has 0 aromatic carbocycles. The van der Waals surface area contributed by atoms with Crippen molar-refractivity contribution in [1.29, 1.82) is 0 Å². The molecule has 0 aliphatic heterocycles. The smallest absolute Gasteiger partial charge is 0.305 e. The van der Waals surface area contributed by atoms with Gasteiger partial charge in [0.2, 0.25) is 0 Å². The van der Waals surface area contributed by atoms with Crippen LogP contribution in [-0.4, -0.2) is 12.6 Å². The van der Waals surface area contributed by atoms with Gasteiger partial charge in [-0.3, -0.25) is 4.79 Å². The fourth-order valence-corrected chi connectivity index (χ4v) is 7.24. The molecule has 2 heteroatoms. The maximum atomic E-state index is 12.0. The molecule has 0 saturated carbocycles. The summed E-state index contributed by atoms with van der Waals surface area (Å²) in [6.45, 7) is 5.15. The van der Waals surface area contributed by atoms with Crippen molar-refractivity contribution in [2.75, 3.05) is 6.61 Å². The van der Waals surface area contributed by atoms with E-state index in [1.54, 1.807) is 0 Å². The summed E-state index contributed by atoms with van der Waals surface area (Å²) in [5.41, 5.74) is 0. The van der Waals surface area contributed by atoms with E-state index in [4.69, 9.17) is 4.74 Å². The maximum absolute atomic E-state index is 12.0. The van der Waals surface area contributed by atoms with Gasteiger partial charge in [0.15, 0.2) is 0 Å². The number of carbonyl (C=O) groups excluding carboxylic acids is 1. The van der Waals surface area contributed by atoms with E-state index in [-0.39, 0.29) is 5.97 Å². The molecular weight excluding hydrogens is 633 g/mol. The molecule has 0 bridgehead atoms. The molecule has 0 aliphatic carbocycles. The Hall–Kier alpha value is -1.31. The van der Waals surface area contributed by atoms with Gasteiger partial charge in [-0.05, 0) is 32.1 Å². The summed E-state index contributed by atoms with van der Waals surface area (Å²) in [7, 11) is 0. The summed E-state index contributed by atoms with van der Waals surface area (Å²) in [6.07, 6.45) is 67.0. The summed E-state index contributed by atoms with van der Waals surface area (Å²) in [4.78, 5) is 12.0. The molecule has 0 heterocycles. The average Bonchev–Trinajstić information content (AvgIpc) is 3.15. The van der Waals surface area contributed by atoms with Crippen molar-refractivity contribution in [3.05, 3.63) is 36.5 Å². The van der Waals surface area contributed by atoms with Crippen LogP contribution >= 0.6 is 0 Å². The van der Waals surface area contributed by atoms with Gasteiger partial charge >= 0.3 is 5.97 Å². The highest BCUT2D eigenvalue weighted by Crippen LogP contribution is 2.17. The Labute approximate surface area is 328 Å². The third kappa shape index (κ3) is 46.7. The summed E-state index contributed by atoms with van der Waals surface area (Å²) in [6, 6.07) is 0. The molecule has 0 aromatic heterocycles. The van der Waals surface area contributed by atoms with Crippen LogP contribution in [0.4, 0.5) is 0 Å². The second-order valence-electron chi connectivity index (χ2n) is 16.2. The first kappa shape index (κ1) is 50.7. The Morgan fingerprint density at radius 3 is 0.981 bits per heavy atom. The van der Waals surface area contributed by atoms with E-state index in [1.807, 2.05) is 0 Å². The third-order valence-corrected chi connectivity index (χ3v) is 10.8. The molecule has 0 N–H and O–H groups in total. The van der Waals surface area contributed by atoms with E-state index in [0.29, 0.717) is 13.0 Å². The van der Waals surface area contributed by atoms with Crippen molar-refractivity contribution in [2.45, 2.75) is 271 Å². The maximum Gasteiger partial charge on any atom is 0.305 e. The number of unbranched alkanes of at least 4 members (excludes halogenated alkanes) is 36. The second kappa shape index (κ2) is 47.7. The van der Waals surface area contributed by atoms with Crippen LogP contribution in [0.5, 0.6) is 0 Å². The minimum atomic E-state index is 0.00821. The van der Waals surface area contributed by atoms with E-state index in [9.17, 15) is 4.79 Å². The predicted molar refractivity (Wildman–Crippen MR) is 234 cm³/mol. The van der Waals surface area contributed by atoms with E-state index in [2.05, 4.69) is 50.3 Å². The minimum absolute atomic E-state index is 0.00821. The lowest BCUT2D eigenvalue weighted by atomic mass is 10.0. The van der Waals surface area contributed by atoms with Gasteiger partial charge in [-0.25, -0.2) is 0 Å². The molecule has 0 atom stereocenters. The predicted octanol–water partition coefficient (Wildman–Crippen LogP) is 17.8. The molecule has 0 amide bonds. The summed E-state index contributed by atoms with van der Waals surface area (Å²) in [5.74, 6) is 0.00821. The largest absolute Gasteiger partial charge is 0.466 e. The topological polar surface area (TPSA) is 26.3 Å². The first-order valence-corrected chi connectivity index (χ1v) is 23.9. The van der Waals surface area contributed by atoms with Crippen LogP contribution in [0.3, 0.4) is 0 Å². The SMILES string of the molecule is CCCCC=CC=CC=CCCCCCCCC(=O)OCCCCCCCCCCCCCCCCCCCCCCCCCCCCCCCC. The molecule has 2 nitrogen and oxygen atoms in total. The highest BCUT2D eigenvalue weighted by atomic mass is 16.5. The van der Waals surface area contributed by atoms with Gasteiger partial charge in [0.25, 0.3) is 0 Å². The Balaban J connectivity index is 3.18. The normalized spacial score (nSPS) is 12.0. The van der Waals surface area contributed by atoms with Crippen molar-refractivity contribution >= 4 is 5.97 Å². The van der Waals surface area contributed by atoms with Crippen molar-refractivity contribution in [1.82, 2.24) is 0 Å². The van der Waals surface area contributed by atoms with Crippen LogP contribution in [-0.2, 0) is 9.53 Å². The second-order valence-corrected chi connectivity index (χ2v) is 16.2. The lowest BCUT2D eigenvalue weighted by molar-refractivity contribution is -0.143. The first-order chi connectivity index (χ1) is 25.8. The van der Waals surface area contributed by atoms with E-state index >= 15 is 0 Å². The summed E-state index contributed by atoms with van der Waals surface area (Å²) in [5, 5.41) is 0. The van der Waals surface area contributed by atoms with Gasteiger partial charge in [-0.15, -0.1) is 0 Å². The van der Waals surface area contributed by atoms with Crippen LogP contribution in [0.2, 0.25) is 0 Å². The van der Waals surface area contributed by atoms with Crippen molar-refractivity contribution in [2.24, 2.45) is 0 Å². The molecule has 0 aromatic rings. The lowest BCUT2D eigenvalue weighted by Crippen LogP contribution is -2.05. The van der Waals surface area contributed by atoms with Crippen molar-refractivity contribution in [3.8, 4) is 0 Å². The number of allylic oxidation sites excluding steroid dienone is 6. The first-order valence-electron chi connectivity index (χ1n) is 23.9. The van der Waals surface area contributed by atoms with Crippen LogP contribution in [0.15, 0.2) is 36.5 Å². The number of esters is 1. The molecule has 0 spiro atoms. The fourth-order valence-electron chi connectivity index (χ4n) is 7.24. The van der Waals surface area contributed by atoms with Crippen LogP contribution in [0, 0.1) is 0 Å². The van der Waals surface area contributed by atoms with Crippen LogP contribution < -0.4 is 0 Å². The quantitative estimate of drug-likeness (QED) is 0.0355. The lowest BCUT2D eigenvalue weighted by Gasteiger charge is -2.06. The molecule has 0 aliphatic rings. The van der Waals surface area contributed by atoms with Gasteiger partial charge in [0.1, 0.15) is 0 Å². The zero-order valence-corrected chi connectivity index (χ0v) is 35.8. The van der Waals surface area contributed by atoms with E-state index < -0.39 is 0 Å². The van der Waals surface area contributed by atoms with Crippen molar-refractivity contribution < 1.29 is 9.53 Å².